The number of para-hydroxylation sites is 10. The van der Waals surface area contributed by atoms with E-state index in [0.717, 1.165) is 118 Å². The minimum Gasteiger partial charge on any atom is -0.306 e. The second-order valence-corrected chi connectivity index (χ2v) is 21.3. The molecule has 0 spiro atoms. The van der Waals surface area contributed by atoms with Gasteiger partial charge in [-0.2, -0.15) is 5.26 Å². The largest absolute Gasteiger partial charge is 0.306 e. The third kappa shape index (κ3) is 9.28. The van der Waals surface area contributed by atoms with Crippen molar-refractivity contribution in [2.45, 2.75) is 0 Å². The molecule has 0 radical (unpaired) electrons. The van der Waals surface area contributed by atoms with Crippen molar-refractivity contribution in [3.63, 3.8) is 0 Å². The molecule has 88 heavy (non-hydrogen) atoms. The number of aromatic nitrogens is 3. The van der Waals surface area contributed by atoms with E-state index >= 15 is 0 Å². The highest BCUT2D eigenvalue weighted by Crippen LogP contribution is 2.58. The van der Waals surface area contributed by atoms with Crippen molar-refractivity contribution in [3.8, 4) is 73.6 Å². The quantitative estimate of drug-likeness (QED) is 0.125. The molecule has 0 fully saturated rings. The van der Waals surface area contributed by atoms with E-state index in [1.807, 2.05) is 103 Å². The van der Waals surface area contributed by atoms with Gasteiger partial charge in [-0.15, -0.1) is 0 Å². The molecule has 2 aliphatic rings. The number of fused-ring (bicyclic) bond motifs is 4. The first-order valence-electron chi connectivity index (χ1n) is 28.8. The van der Waals surface area contributed by atoms with E-state index in [1.54, 1.807) is 0 Å². The van der Waals surface area contributed by atoms with Gasteiger partial charge in [0, 0.05) is 28.1 Å². The van der Waals surface area contributed by atoms with E-state index in [4.69, 9.17) is 28.1 Å². The molecule has 0 atom stereocenters. The Bertz CT molecular complexity index is 4660. The maximum Gasteiger partial charge on any atom is 0.187 e. The van der Waals surface area contributed by atoms with E-state index in [-0.39, 0.29) is 0 Å². The van der Waals surface area contributed by atoms with Crippen LogP contribution in [0.4, 0.5) is 79.6 Å². The van der Waals surface area contributed by atoms with Crippen LogP contribution >= 0.6 is 0 Å². The van der Waals surface area contributed by atoms with Crippen molar-refractivity contribution >= 4 is 79.6 Å². The lowest BCUT2D eigenvalue weighted by Gasteiger charge is -2.41. The summed E-state index contributed by atoms with van der Waals surface area (Å²) in [5.41, 5.74) is 20.5. The van der Waals surface area contributed by atoms with Crippen molar-refractivity contribution in [2.75, 3.05) is 19.6 Å². The molecule has 0 saturated carbocycles. The molecule has 0 amide bonds. The van der Waals surface area contributed by atoms with Crippen LogP contribution in [0.3, 0.4) is 0 Å². The summed E-state index contributed by atoms with van der Waals surface area (Å²) < 4.78 is 0. The van der Waals surface area contributed by atoms with Gasteiger partial charge >= 0.3 is 0 Å². The van der Waals surface area contributed by atoms with Crippen LogP contribution in [-0.2, 0) is 0 Å². The molecule has 0 unspecified atom stereocenters. The van der Waals surface area contributed by atoms with Crippen LogP contribution in [0.25, 0.3) is 77.2 Å². The summed E-state index contributed by atoms with van der Waals surface area (Å²) in [6, 6.07) is 101. The Labute approximate surface area is 509 Å². The molecule has 2 aliphatic heterocycles. The summed E-state index contributed by atoms with van der Waals surface area (Å²) in [4.78, 5) is 33.7. The average molecular weight is 1130 g/mol. The van der Waals surface area contributed by atoms with E-state index in [1.165, 1.54) is 0 Å². The molecular formula is C78H48N10. The Balaban J connectivity index is 1.01. The van der Waals surface area contributed by atoms with Crippen molar-refractivity contribution < 1.29 is 0 Å². The Kier molecular flexibility index (Phi) is 13.1. The van der Waals surface area contributed by atoms with E-state index in [0.29, 0.717) is 34.4 Å². The van der Waals surface area contributed by atoms with Gasteiger partial charge in [0.25, 0.3) is 0 Å². The normalized spacial score (nSPS) is 12.0. The van der Waals surface area contributed by atoms with Gasteiger partial charge in [-0.05, 0) is 161 Å². The standard InChI is InChI=1S/C78H48N10/c1-80-60-27-19-24-55(47-60)57-41-43-64(74(49-57)87-70-37-13-9-33-66(70)85(62-29-5-3-6-30-62)67-34-10-14-38-71(67)87)77-82-76(59-26-18-23-54(46-59)53-22-17-21-52(45-53)51-79)83-78(84-77)65-44-42-58(56-25-20-28-61(48-56)81-2)50-75(65)88-72-39-15-11-35-68(72)86(63-31-7-4-8-32-63)69-36-12-16-40-73(69)88/h3-50H. The number of benzene rings is 12. The van der Waals surface area contributed by atoms with E-state index in [2.05, 4.69) is 223 Å². The van der Waals surface area contributed by atoms with Crippen molar-refractivity contribution in [1.29, 1.82) is 5.26 Å². The zero-order chi connectivity index (χ0) is 59.1. The Morgan fingerprint density at radius 1 is 0.273 bits per heavy atom. The smallest absolute Gasteiger partial charge is 0.187 e. The summed E-state index contributed by atoms with van der Waals surface area (Å²) in [5, 5.41) is 10.00. The molecule has 3 heterocycles. The fraction of sp³-hybridized carbons (Fsp3) is 0. The first-order chi connectivity index (χ1) is 43.5. The van der Waals surface area contributed by atoms with Gasteiger partial charge in [-0.3, -0.25) is 0 Å². The first kappa shape index (κ1) is 52.1. The number of rotatable bonds is 10. The maximum absolute atomic E-state index is 10.00. The lowest BCUT2D eigenvalue weighted by Crippen LogP contribution is -2.24. The van der Waals surface area contributed by atoms with Crippen LogP contribution in [0, 0.1) is 24.5 Å². The zero-order valence-electron chi connectivity index (χ0n) is 47.2. The predicted molar refractivity (Wildman–Crippen MR) is 356 cm³/mol. The number of nitriles is 1. The molecule has 12 aromatic carbocycles. The second-order valence-electron chi connectivity index (χ2n) is 21.3. The van der Waals surface area contributed by atoms with Gasteiger partial charge in [0.15, 0.2) is 28.8 Å². The Morgan fingerprint density at radius 2 is 0.602 bits per heavy atom. The molecule has 0 bridgehead atoms. The fourth-order valence-corrected chi connectivity index (χ4v) is 12.2. The first-order valence-corrected chi connectivity index (χ1v) is 28.8. The molecule has 0 aliphatic carbocycles. The second kappa shape index (κ2) is 22.1. The van der Waals surface area contributed by atoms with Crippen molar-refractivity contribution in [1.82, 2.24) is 15.0 Å². The number of hydrogen-bond donors (Lipinski definition) is 0. The summed E-state index contributed by atoms with van der Waals surface area (Å²) in [6.07, 6.45) is 0. The van der Waals surface area contributed by atoms with Crippen LogP contribution in [-0.4, -0.2) is 15.0 Å². The average Bonchev–Trinajstić information content (AvgIpc) is 0.954. The van der Waals surface area contributed by atoms with Crippen LogP contribution in [0.5, 0.6) is 0 Å². The minimum atomic E-state index is 0.420. The topological polar surface area (TPSA) is 84.1 Å². The van der Waals surface area contributed by atoms with Crippen LogP contribution in [0.2, 0.25) is 0 Å². The molecule has 13 aromatic rings. The van der Waals surface area contributed by atoms with Gasteiger partial charge in [0.2, 0.25) is 0 Å². The Hall–Kier alpha value is -12.7. The van der Waals surface area contributed by atoms with Crippen LogP contribution in [0.1, 0.15) is 5.56 Å². The molecule has 15 rings (SSSR count). The van der Waals surface area contributed by atoms with Gasteiger partial charge in [0.05, 0.1) is 81.7 Å². The highest BCUT2D eigenvalue weighted by molar-refractivity contribution is 6.06. The highest BCUT2D eigenvalue weighted by atomic mass is 15.3. The van der Waals surface area contributed by atoms with Gasteiger partial charge in [0.1, 0.15) is 0 Å². The summed E-state index contributed by atoms with van der Waals surface area (Å²) in [6.45, 7) is 16.0. The van der Waals surface area contributed by atoms with Gasteiger partial charge in [-0.25, -0.2) is 24.6 Å². The zero-order valence-corrected chi connectivity index (χ0v) is 47.2. The summed E-state index contributed by atoms with van der Waals surface area (Å²) in [7, 11) is 0. The summed E-state index contributed by atoms with van der Waals surface area (Å²) >= 11 is 0. The van der Waals surface area contributed by atoms with Crippen LogP contribution < -0.4 is 19.6 Å². The monoisotopic (exact) mass is 1120 g/mol. The lowest BCUT2D eigenvalue weighted by atomic mass is 9.97. The predicted octanol–water partition coefficient (Wildman–Crippen LogP) is 21.4. The maximum atomic E-state index is 10.00. The molecule has 0 saturated heterocycles. The van der Waals surface area contributed by atoms with E-state index < -0.39 is 0 Å². The highest BCUT2D eigenvalue weighted by Gasteiger charge is 2.35. The number of anilines is 12. The molecule has 10 nitrogen and oxygen atoms in total. The van der Waals surface area contributed by atoms with Gasteiger partial charge < -0.3 is 19.6 Å². The number of nitrogens with zero attached hydrogens (tertiary/aromatic N) is 10. The van der Waals surface area contributed by atoms with Gasteiger partial charge in [-0.1, -0.05) is 164 Å². The lowest BCUT2D eigenvalue weighted by molar-refractivity contribution is 1.07. The molecule has 1 aromatic heterocycles. The molecular weight excluding hydrogens is 1080 g/mol. The minimum absolute atomic E-state index is 0.420. The molecule has 410 valence electrons. The van der Waals surface area contributed by atoms with Crippen molar-refractivity contribution in [3.05, 3.63) is 320 Å². The fourth-order valence-electron chi connectivity index (χ4n) is 12.2. The molecule has 10 heteroatoms. The summed E-state index contributed by atoms with van der Waals surface area (Å²) in [5.74, 6) is 1.27. The Morgan fingerprint density at radius 3 is 1.01 bits per heavy atom. The third-order valence-corrected chi connectivity index (χ3v) is 16.1. The SMILES string of the molecule is [C-]#[N+]c1cccc(-c2ccc(-c3nc(-c4cccc(-c5cccc(C#N)c5)c4)nc(-c4ccc(-c5cccc([N+]#[C-])c5)cc4N4c5ccccc5N(c5ccccc5)c5ccccc54)n3)c(N3c4ccccc4N(c4ccccc4)c4ccccc43)c2)c1. The van der Waals surface area contributed by atoms with Crippen molar-refractivity contribution in [2.24, 2.45) is 0 Å². The number of hydrogen-bond acceptors (Lipinski definition) is 8. The third-order valence-electron chi connectivity index (χ3n) is 16.1. The van der Waals surface area contributed by atoms with Crippen LogP contribution in [0.15, 0.2) is 291 Å². The van der Waals surface area contributed by atoms with E-state index in [9.17, 15) is 5.26 Å². The molecule has 0 N–H and O–H groups in total.